The van der Waals surface area contributed by atoms with Crippen LogP contribution in [0.5, 0.6) is 11.5 Å². The summed E-state index contributed by atoms with van der Waals surface area (Å²) in [5, 5.41) is 9.86. The maximum Gasteiger partial charge on any atom is 0.345 e. The molecular weight excluding hydrogens is 627 g/mol. The van der Waals surface area contributed by atoms with Gasteiger partial charge in [-0.2, -0.15) is 0 Å². The van der Waals surface area contributed by atoms with Crippen molar-refractivity contribution in [3.8, 4) is 11.5 Å². The highest BCUT2D eigenvalue weighted by Crippen LogP contribution is 2.37. The Morgan fingerprint density at radius 1 is 0.689 bits per heavy atom. The first kappa shape index (κ1) is 36.0. The van der Waals surface area contributed by atoms with Crippen LogP contribution in [0.15, 0.2) is 84.9 Å². The lowest BCUT2D eigenvalue weighted by Gasteiger charge is -2.36. The topological polar surface area (TPSA) is 82.1 Å². The first-order valence-corrected chi connectivity index (χ1v) is 18.2. The number of carbonyl (C=O) groups excluding carboxylic acids is 2. The highest BCUT2D eigenvalue weighted by molar-refractivity contribution is 6.74. The molecule has 0 saturated carbocycles. The van der Waals surface area contributed by atoms with Crippen LogP contribution in [0.3, 0.4) is 0 Å². The summed E-state index contributed by atoms with van der Waals surface area (Å²) in [6.45, 7) is 15.4. The molecule has 0 aliphatic rings. The monoisotopic (exact) mass is 666 g/mol. The van der Waals surface area contributed by atoms with Crippen molar-refractivity contribution in [3.05, 3.63) is 128 Å². The van der Waals surface area contributed by atoms with Crippen LogP contribution in [-0.2, 0) is 17.6 Å². The zero-order valence-electron chi connectivity index (χ0n) is 26.7. The van der Waals surface area contributed by atoms with Crippen molar-refractivity contribution in [2.75, 3.05) is 0 Å². The van der Waals surface area contributed by atoms with E-state index in [2.05, 4.69) is 33.9 Å². The molecule has 0 aliphatic carbocycles. The van der Waals surface area contributed by atoms with Gasteiger partial charge in [0.25, 0.3) is 0 Å². The molecule has 0 radical (unpaired) electrons. The average Bonchev–Trinajstić information content (AvgIpc) is 2.99. The van der Waals surface area contributed by atoms with Crippen molar-refractivity contribution in [1.29, 1.82) is 0 Å². The van der Waals surface area contributed by atoms with Gasteiger partial charge in [0, 0.05) is 0 Å². The van der Waals surface area contributed by atoms with E-state index in [-0.39, 0.29) is 11.6 Å². The third-order valence-electron chi connectivity index (χ3n) is 7.54. The van der Waals surface area contributed by atoms with Gasteiger partial charge < -0.3 is 19.0 Å². The van der Waals surface area contributed by atoms with E-state index in [1.807, 2.05) is 38.1 Å². The molecular formula is C36H40Cl2O6Si. The van der Waals surface area contributed by atoms with Crippen molar-refractivity contribution in [2.24, 2.45) is 0 Å². The second kappa shape index (κ2) is 15.7. The predicted molar refractivity (Wildman–Crippen MR) is 183 cm³/mol. The Balaban J connectivity index is 0.000000257. The fourth-order valence-corrected chi connectivity index (χ4v) is 5.06. The Bertz CT molecular complexity index is 1610. The predicted octanol–water partition coefficient (Wildman–Crippen LogP) is 9.75. The van der Waals surface area contributed by atoms with Crippen LogP contribution in [0.25, 0.3) is 0 Å². The molecule has 4 aromatic carbocycles. The Morgan fingerprint density at radius 3 is 1.47 bits per heavy atom. The molecule has 0 aromatic heterocycles. The van der Waals surface area contributed by atoms with E-state index < -0.39 is 20.3 Å². The second-order valence-corrected chi connectivity index (χ2v) is 17.9. The van der Waals surface area contributed by atoms with Crippen LogP contribution in [0.4, 0.5) is 0 Å². The highest BCUT2D eigenvalue weighted by atomic mass is 35.5. The maximum absolute atomic E-state index is 12.3. The Labute approximate surface area is 277 Å². The number of carbonyl (C=O) groups is 2. The summed E-state index contributed by atoms with van der Waals surface area (Å²) in [5.74, 6) is -0.0437. The standard InChI is InChI=1S/C21H27ClO3Si.C15H13ClO3/c1-15-7-12-19(22)18(13-15)20(23)25-17-10-8-16(9-11-17)14-24-26(5,6)21(2,3)4;1-10-2-7-14(16)13(8-10)15(18)19-12-5-3-11(9-17)4-6-12/h7-13H,14H2,1-6H3;2-8,17H,9H2,1H3. The molecule has 4 rings (SSSR count). The molecule has 9 heteroatoms. The summed E-state index contributed by atoms with van der Waals surface area (Å²) in [5.41, 5.74) is 4.42. The molecule has 45 heavy (non-hydrogen) atoms. The summed E-state index contributed by atoms with van der Waals surface area (Å²) in [6.07, 6.45) is 0. The van der Waals surface area contributed by atoms with Crippen molar-refractivity contribution in [1.82, 2.24) is 0 Å². The first-order chi connectivity index (χ1) is 21.1. The van der Waals surface area contributed by atoms with Crippen LogP contribution in [0.2, 0.25) is 28.2 Å². The molecule has 1 N–H and O–H groups in total. The van der Waals surface area contributed by atoms with Crippen LogP contribution in [0, 0.1) is 13.8 Å². The SMILES string of the molecule is Cc1ccc(Cl)c(C(=O)Oc2ccc(CO)cc2)c1.Cc1ccc(Cl)c(C(=O)Oc2ccc(CO[Si](C)(C)C(C)(C)C)cc2)c1. The molecule has 0 spiro atoms. The highest BCUT2D eigenvalue weighted by Gasteiger charge is 2.37. The lowest BCUT2D eigenvalue weighted by Crippen LogP contribution is -2.40. The normalized spacial score (nSPS) is 11.3. The molecule has 0 bridgehead atoms. The molecule has 6 nitrogen and oxygen atoms in total. The third-order valence-corrected chi connectivity index (χ3v) is 12.7. The van der Waals surface area contributed by atoms with Gasteiger partial charge in [-0.15, -0.1) is 0 Å². The average molecular weight is 668 g/mol. The fraction of sp³-hybridized carbons (Fsp3) is 0.278. The second-order valence-electron chi connectivity index (χ2n) is 12.2. The third kappa shape index (κ3) is 10.6. The van der Waals surface area contributed by atoms with E-state index >= 15 is 0 Å². The van der Waals surface area contributed by atoms with Crippen LogP contribution in [0.1, 0.15) is 63.7 Å². The van der Waals surface area contributed by atoms with E-state index in [4.69, 9.17) is 42.2 Å². The maximum atomic E-state index is 12.3. The molecule has 0 aliphatic heterocycles. The summed E-state index contributed by atoms with van der Waals surface area (Å²) < 4.78 is 16.9. The largest absolute Gasteiger partial charge is 0.423 e. The summed E-state index contributed by atoms with van der Waals surface area (Å²) in [4.78, 5) is 24.3. The van der Waals surface area contributed by atoms with Crippen molar-refractivity contribution in [2.45, 2.75) is 66.0 Å². The molecule has 4 aromatic rings. The van der Waals surface area contributed by atoms with Gasteiger partial charge in [0.15, 0.2) is 8.32 Å². The van der Waals surface area contributed by atoms with E-state index in [0.29, 0.717) is 39.3 Å². The number of halogens is 2. The van der Waals surface area contributed by atoms with E-state index in [1.54, 1.807) is 60.7 Å². The van der Waals surface area contributed by atoms with Crippen molar-refractivity contribution in [3.63, 3.8) is 0 Å². The van der Waals surface area contributed by atoms with Crippen molar-refractivity contribution < 1.29 is 28.6 Å². The van der Waals surface area contributed by atoms with Gasteiger partial charge in [-0.3, -0.25) is 0 Å². The number of esters is 2. The minimum absolute atomic E-state index is 0.0437. The van der Waals surface area contributed by atoms with Gasteiger partial charge in [0.2, 0.25) is 0 Å². The zero-order valence-corrected chi connectivity index (χ0v) is 29.3. The van der Waals surface area contributed by atoms with Crippen LogP contribution >= 0.6 is 23.2 Å². The first-order valence-electron chi connectivity index (χ1n) is 14.5. The quantitative estimate of drug-likeness (QED) is 0.114. The minimum atomic E-state index is -1.78. The molecule has 0 fully saturated rings. The smallest absolute Gasteiger partial charge is 0.345 e. The summed E-state index contributed by atoms with van der Waals surface area (Å²) >= 11 is 12.1. The Morgan fingerprint density at radius 2 is 1.09 bits per heavy atom. The lowest BCUT2D eigenvalue weighted by molar-refractivity contribution is 0.0725. The van der Waals surface area contributed by atoms with Gasteiger partial charge in [0.1, 0.15) is 11.5 Å². The number of rotatable bonds is 8. The Hall–Kier alpha value is -3.46. The fourth-order valence-electron chi connectivity index (χ4n) is 3.71. The van der Waals surface area contributed by atoms with Crippen LogP contribution in [-0.4, -0.2) is 25.4 Å². The molecule has 0 amide bonds. The molecule has 0 heterocycles. The number of benzene rings is 4. The molecule has 0 atom stereocenters. The van der Waals surface area contributed by atoms with Gasteiger partial charge in [0.05, 0.1) is 34.4 Å². The van der Waals surface area contributed by atoms with E-state index in [1.165, 1.54) is 0 Å². The zero-order chi connectivity index (χ0) is 33.4. The number of aliphatic hydroxyl groups excluding tert-OH is 1. The van der Waals surface area contributed by atoms with Gasteiger partial charge in [-0.25, -0.2) is 9.59 Å². The van der Waals surface area contributed by atoms with Gasteiger partial charge in [-0.1, -0.05) is 91.5 Å². The molecule has 238 valence electrons. The van der Waals surface area contributed by atoms with Crippen LogP contribution < -0.4 is 9.47 Å². The van der Waals surface area contributed by atoms with Gasteiger partial charge >= 0.3 is 11.9 Å². The lowest BCUT2D eigenvalue weighted by atomic mass is 10.1. The summed E-state index contributed by atoms with van der Waals surface area (Å²) in [6, 6.07) is 24.5. The van der Waals surface area contributed by atoms with E-state index in [0.717, 1.165) is 22.3 Å². The van der Waals surface area contributed by atoms with Gasteiger partial charge in [-0.05, 0) is 91.6 Å². The number of ether oxygens (including phenoxy) is 2. The van der Waals surface area contributed by atoms with Crippen molar-refractivity contribution >= 4 is 43.5 Å². The molecule has 0 saturated heterocycles. The number of aliphatic hydroxyl groups is 1. The Kier molecular flexibility index (Phi) is 12.6. The minimum Gasteiger partial charge on any atom is -0.423 e. The summed E-state index contributed by atoms with van der Waals surface area (Å²) in [7, 11) is -1.78. The number of hydrogen-bond acceptors (Lipinski definition) is 6. The van der Waals surface area contributed by atoms with E-state index in [9.17, 15) is 9.59 Å². The molecule has 0 unspecified atom stereocenters. The number of hydrogen-bond donors (Lipinski definition) is 1. The number of aryl methyl sites for hydroxylation is 2.